The Morgan fingerprint density at radius 1 is 1.10 bits per heavy atom. The lowest BCUT2D eigenvalue weighted by molar-refractivity contribution is 1.51. The van der Waals surface area contributed by atoms with E-state index in [9.17, 15) is 0 Å². The molecule has 98 valence electrons. The maximum absolute atomic E-state index is 4.41. The predicted molar refractivity (Wildman–Crippen MR) is 91.7 cm³/mol. The van der Waals surface area contributed by atoms with Gasteiger partial charge in [-0.1, -0.05) is 49.1 Å². The van der Waals surface area contributed by atoms with Crippen LogP contribution in [0.4, 0.5) is 0 Å². The lowest BCUT2D eigenvalue weighted by atomic mass is 10.1. The molecule has 0 aliphatic carbocycles. The van der Waals surface area contributed by atoms with Crippen LogP contribution >= 0.6 is 11.3 Å². The molecule has 0 aliphatic heterocycles. The Bertz CT molecular complexity index is 837. The number of fused-ring (bicyclic) bond motifs is 3. The van der Waals surface area contributed by atoms with E-state index in [0.29, 0.717) is 0 Å². The average molecular weight is 277 g/mol. The first kappa shape index (κ1) is 12.8. The Morgan fingerprint density at radius 2 is 1.90 bits per heavy atom. The van der Waals surface area contributed by atoms with Crippen molar-refractivity contribution in [2.45, 2.75) is 6.92 Å². The van der Waals surface area contributed by atoms with E-state index in [1.54, 1.807) is 12.3 Å². The fourth-order valence-corrected chi connectivity index (χ4v) is 3.48. The maximum atomic E-state index is 4.41. The minimum Gasteiger partial charge on any atom is -0.257 e. The van der Waals surface area contributed by atoms with Gasteiger partial charge < -0.3 is 0 Å². The Balaban J connectivity index is 2.17. The molecule has 0 saturated heterocycles. The molecular formula is C18H15NS. The van der Waals surface area contributed by atoms with E-state index in [1.807, 2.05) is 24.3 Å². The third-order valence-electron chi connectivity index (χ3n) is 3.27. The van der Waals surface area contributed by atoms with E-state index in [0.717, 1.165) is 11.3 Å². The zero-order chi connectivity index (χ0) is 13.9. The highest BCUT2D eigenvalue weighted by atomic mass is 32.1. The van der Waals surface area contributed by atoms with Crippen molar-refractivity contribution in [3.63, 3.8) is 0 Å². The van der Waals surface area contributed by atoms with Gasteiger partial charge in [0.05, 0.1) is 5.70 Å². The van der Waals surface area contributed by atoms with Crippen LogP contribution in [0.2, 0.25) is 0 Å². The normalized spacial score (nSPS) is 12.6. The second kappa shape index (κ2) is 5.43. The highest BCUT2D eigenvalue weighted by molar-refractivity contribution is 7.25. The van der Waals surface area contributed by atoms with Crippen LogP contribution in [-0.2, 0) is 0 Å². The van der Waals surface area contributed by atoms with Gasteiger partial charge in [0.1, 0.15) is 0 Å². The Hall–Kier alpha value is -2.19. The number of hydrogen-bond acceptors (Lipinski definition) is 2. The minimum absolute atomic E-state index is 0.976. The molecule has 20 heavy (non-hydrogen) atoms. The summed E-state index contributed by atoms with van der Waals surface area (Å²) in [7, 11) is 0. The molecule has 0 N–H and O–H groups in total. The number of hydrogen-bond donors (Lipinski definition) is 0. The summed E-state index contributed by atoms with van der Waals surface area (Å²) in [4.78, 5) is 4.41. The molecule has 1 nitrogen and oxygen atoms in total. The van der Waals surface area contributed by atoms with Crippen LogP contribution in [0.25, 0.3) is 25.9 Å². The number of benzene rings is 2. The monoisotopic (exact) mass is 277 g/mol. The van der Waals surface area contributed by atoms with Crippen molar-refractivity contribution < 1.29 is 0 Å². The summed E-state index contributed by atoms with van der Waals surface area (Å²) in [5.41, 5.74) is 2.12. The Labute approximate surface area is 122 Å². The second-order valence-corrected chi connectivity index (χ2v) is 5.58. The molecule has 0 aliphatic rings. The number of allylic oxidation sites excluding steroid dienone is 2. The van der Waals surface area contributed by atoms with E-state index in [-0.39, 0.29) is 0 Å². The molecule has 0 fully saturated rings. The first-order valence-electron chi connectivity index (χ1n) is 6.56. The quantitative estimate of drug-likeness (QED) is 0.547. The van der Waals surface area contributed by atoms with Crippen LogP contribution in [-0.4, -0.2) is 6.21 Å². The van der Waals surface area contributed by atoms with Crippen LogP contribution < -0.4 is 0 Å². The molecule has 0 unspecified atom stereocenters. The van der Waals surface area contributed by atoms with E-state index in [4.69, 9.17) is 0 Å². The van der Waals surface area contributed by atoms with Crippen LogP contribution in [0.5, 0.6) is 0 Å². The number of nitrogens with zero attached hydrogens (tertiary/aromatic N) is 1. The summed E-state index contributed by atoms with van der Waals surface area (Å²) in [6.45, 7) is 5.67. The zero-order valence-corrected chi connectivity index (χ0v) is 12.2. The molecular weight excluding hydrogens is 262 g/mol. The van der Waals surface area contributed by atoms with Gasteiger partial charge in [-0.3, -0.25) is 4.99 Å². The van der Waals surface area contributed by atoms with Gasteiger partial charge in [-0.25, -0.2) is 0 Å². The topological polar surface area (TPSA) is 12.4 Å². The van der Waals surface area contributed by atoms with Crippen LogP contribution in [0, 0.1) is 0 Å². The number of aliphatic imine (C=N–C) groups is 1. The van der Waals surface area contributed by atoms with E-state index in [2.05, 4.69) is 54.0 Å². The van der Waals surface area contributed by atoms with Crippen molar-refractivity contribution in [1.29, 1.82) is 0 Å². The molecule has 0 radical (unpaired) electrons. The molecule has 3 aromatic rings. The van der Waals surface area contributed by atoms with Crippen molar-refractivity contribution in [3.8, 4) is 0 Å². The molecule has 2 aromatic carbocycles. The lowest BCUT2D eigenvalue weighted by Gasteiger charge is -2.01. The summed E-state index contributed by atoms with van der Waals surface area (Å²) < 4.78 is 2.63. The van der Waals surface area contributed by atoms with Gasteiger partial charge in [0.15, 0.2) is 0 Å². The van der Waals surface area contributed by atoms with Crippen molar-refractivity contribution in [2.24, 2.45) is 4.99 Å². The Kier molecular flexibility index (Phi) is 3.48. The van der Waals surface area contributed by atoms with Crippen LogP contribution in [0.3, 0.4) is 0 Å². The van der Waals surface area contributed by atoms with Crippen molar-refractivity contribution >= 4 is 43.4 Å². The summed E-state index contributed by atoms with van der Waals surface area (Å²) in [5.74, 6) is 0. The third-order valence-corrected chi connectivity index (χ3v) is 4.40. The largest absolute Gasteiger partial charge is 0.257 e. The molecule has 0 saturated carbocycles. The predicted octanol–water partition coefficient (Wildman–Crippen LogP) is 5.67. The Morgan fingerprint density at radius 3 is 2.70 bits per heavy atom. The smallest absolute Gasteiger partial charge is 0.0659 e. The standard InChI is InChI=1S/C18H15NS/c1-3-11-19-16(4-2)13-9-10-15-14-7-5-6-8-17(14)20-18(15)12-13/h3-12H,1H2,2H3/b16-4-,19-11?. The summed E-state index contributed by atoms with van der Waals surface area (Å²) >= 11 is 1.83. The van der Waals surface area contributed by atoms with Gasteiger partial charge in [-0.05, 0) is 19.1 Å². The van der Waals surface area contributed by atoms with Gasteiger partial charge in [0.2, 0.25) is 0 Å². The van der Waals surface area contributed by atoms with Gasteiger partial charge >= 0.3 is 0 Å². The molecule has 0 bridgehead atoms. The average Bonchev–Trinajstić information content (AvgIpc) is 2.86. The zero-order valence-electron chi connectivity index (χ0n) is 11.3. The molecule has 1 aromatic heterocycles. The second-order valence-electron chi connectivity index (χ2n) is 4.50. The van der Waals surface area contributed by atoms with Gasteiger partial charge in [0, 0.05) is 32.0 Å². The summed E-state index contributed by atoms with van der Waals surface area (Å²) in [6.07, 6.45) is 5.44. The SMILES string of the molecule is C=CC=N/C(=C\C)c1ccc2c(c1)sc1ccccc12. The molecule has 3 rings (SSSR count). The van der Waals surface area contributed by atoms with E-state index >= 15 is 0 Å². The van der Waals surface area contributed by atoms with E-state index < -0.39 is 0 Å². The van der Waals surface area contributed by atoms with Crippen LogP contribution in [0.15, 0.2) is 66.2 Å². The van der Waals surface area contributed by atoms with Gasteiger partial charge in [-0.2, -0.15) is 0 Å². The van der Waals surface area contributed by atoms with Crippen LogP contribution in [0.1, 0.15) is 12.5 Å². The fourth-order valence-electron chi connectivity index (χ4n) is 2.33. The van der Waals surface area contributed by atoms with Gasteiger partial charge in [-0.15, -0.1) is 11.3 Å². The first-order chi connectivity index (χ1) is 9.83. The van der Waals surface area contributed by atoms with Crippen molar-refractivity contribution in [2.75, 3.05) is 0 Å². The highest BCUT2D eigenvalue weighted by Crippen LogP contribution is 2.35. The lowest BCUT2D eigenvalue weighted by Crippen LogP contribution is -1.81. The molecule has 0 amide bonds. The maximum Gasteiger partial charge on any atom is 0.0659 e. The molecule has 1 heterocycles. The molecule has 0 spiro atoms. The first-order valence-corrected chi connectivity index (χ1v) is 7.38. The van der Waals surface area contributed by atoms with Crippen molar-refractivity contribution in [1.82, 2.24) is 0 Å². The van der Waals surface area contributed by atoms with Gasteiger partial charge in [0.25, 0.3) is 0 Å². The minimum atomic E-state index is 0.976. The molecule has 2 heteroatoms. The highest BCUT2D eigenvalue weighted by Gasteiger charge is 2.06. The fraction of sp³-hybridized carbons (Fsp3) is 0.0556. The van der Waals surface area contributed by atoms with E-state index in [1.165, 1.54) is 20.2 Å². The molecule has 0 atom stereocenters. The number of rotatable bonds is 3. The number of thiophene rings is 1. The third kappa shape index (κ3) is 2.19. The summed E-state index contributed by atoms with van der Waals surface area (Å²) in [5, 5.41) is 2.65. The van der Waals surface area contributed by atoms with Crippen molar-refractivity contribution in [3.05, 3.63) is 66.8 Å². The summed E-state index contributed by atoms with van der Waals surface area (Å²) in [6, 6.07) is 15.1.